The van der Waals surface area contributed by atoms with E-state index >= 15 is 0 Å². The first kappa shape index (κ1) is 11.7. The van der Waals surface area contributed by atoms with E-state index in [1.165, 1.54) is 0 Å². The lowest BCUT2D eigenvalue weighted by Gasteiger charge is -2.18. The van der Waals surface area contributed by atoms with E-state index in [-0.39, 0.29) is 13.0 Å². The number of esters is 1. The molecule has 0 aromatic heterocycles. The standard InChI is InChI=1S/C11H15NO3/c1-2-11(12,14)10(13)15-8-9-6-4-3-5-7-9/h3-7,14H,2,8,12H2,1H3. The van der Waals surface area contributed by atoms with E-state index in [0.717, 1.165) is 5.56 Å². The molecule has 0 saturated heterocycles. The van der Waals surface area contributed by atoms with Crippen LogP contribution in [0.3, 0.4) is 0 Å². The third-order valence-corrected chi connectivity index (χ3v) is 2.11. The number of ether oxygens (including phenoxy) is 1. The van der Waals surface area contributed by atoms with Crippen LogP contribution in [0.4, 0.5) is 0 Å². The van der Waals surface area contributed by atoms with Gasteiger partial charge in [-0.15, -0.1) is 0 Å². The van der Waals surface area contributed by atoms with Crippen molar-refractivity contribution in [2.45, 2.75) is 25.7 Å². The molecule has 0 saturated carbocycles. The highest BCUT2D eigenvalue weighted by Gasteiger charge is 2.30. The fourth-order valence-electron chi connectivity index (χ4n) is 0.992. The summed E-state index contributed by atoms with van der Waals surface area (Å²) < 4.78 is 4.87. The highest BCUT2D eigenvalue weighted by molar-refractivity contribution is 5.78. The van der Waals surface area contributed by atoms with Crippen molar-refractivity contribution in [3.8, 4) is 0 Å². The Bertz CT molecular complexity index is 322. The molecule has 0 radical (unpaired) electrons. The summed E-state index contributed by atoms with van der Waals surface area (Å²) in [5, 5.41) is 9.37. The minimum atomic E-state index is -1.88. The molecule has 0 heterocycles. The van der Waals surface area contributed by atoms with Gasteiger partial charge < -0.3 is 9.84 Å². The van der Waals surface area contributed by atoms with Gasteiger partial charge in [0, 0.05) is 0 Å². The molecule has 3 N–H and O–H groups in total. The molecule has 1 aromatic carbocycles. The Kier molecular flexibility index (Phi) is 3.82. The van der Waals surface area contributed by atoms with Crippen LogP contribution in [-0.4, -0.2) is 16.8 Å². The molecule has 4 heteroatoms. The summed E-state index contributed by atoms with van der Waals surface area (Å²) in [7, 11) is 0. The van der Waals surface area contributed by atoms with Gasteiger partial charge in [0.1, 0.15) is 6.61 Å². The molecule has 1 rings (SSSR count). The third kappa shape index (κ3) is 3.34. The molecule has 82 valence electrons. The number of aliphatic hydroxyl groups is 1. The van der Waals surface area contributed by atoms with Gasteiger partial charge in [-0.3, -0.25) is 5.73 Å². The lowest BCUT2D eigenvalue weighted by atomic mass is 10.2. The van der Waals surface area contributed by atoms with Crippen LogP contribution in [-0.2, 0) is 16.1 Å². The van der Waals surface area contributed by atoms with Crippen LogP contribution in [0.15, 0.2) is 30.3 Å². The zero-order valence-corrected chi connectivity index (χ0v) is 8.64. The van der Waals surface area contributed by atoms with E-state index in [1.807, 2.05) is 30.3 Å². The molecule has 0 aliphatic rings. The number of nitrogens with two attached hydrogens (primary N) is 1. The van der Waals surface area contributed by atoms with Crippen LogP contribution in [0.25, 0.3) is 0 Å². The van der Waals surface area contributed by atoms with Crippen molar-refractivity contribution in [1.29, 1.82) is 0 Å². The normalized spacial score (nSPS) is 14.3. The monoisotopic (exact) mass is 209 g/mol. The van der Waals surface area contributed by atoms with E-state index < -0.39 is 11.7 Å². The fraction of sp³-hybridized carbons (Fsp3) is 0.364. The van der Waals surface area contributed by atoms with Crippen LogP contribution in [0.5, 0.6) is 0 Å². The minimum absolute atomic E-state index is 0.124. The van der Waals surface area contributed by atoms with E-state index in [1.54, 1.807) is 6.92 Å². The van der Waals surface area contributed by atoms with Gasteiger partial charge in [-0.05, 0) is 12.0 Å². The molecular weight excluding hydrogens is 194 g/mol. The van der Waals surface area contributed by atoms with Crippen molar-refractivity contribution < 1.29 is 14.6 Å². The molecular formula is C11H15NO3. The lowest BCUT2D eigenvalue weighted by molar-refractivity contribution is -0.166. The van der Waals surface area contributed by atoms with Gasteiger partial charge in [0.15, 0.2) is 0 Å². The number of benzene rings is 1. The second-order valence-corrected chi connectivity index (χ2v) is 3.34. The Morgan fingerprint density at radius 1 is 1.47 bits per heavy atom. The summed E-state index contributed by atoms with van der Waals surface area (Å²) in [5.74, 6) is -0.797. The predicted molar refractivity (Wildman–Crippen MR) is 55.7 cm³/mol. The highest BCUT2D eigenvalue weighted by Crippen LogP contribution is 2.07. The van der Waals surface area contributed by atoms with Gasteiger partial charge in [-0.1, -0.05) is 37.3 Å². The Balaban J connectivity index is 2.48. The Morgan fingerprint density at radius 2 is 2.07 bits per heavy atom. The van der Waals surface area contributed by atoms with Gasteiger partial charge in [0.2, 0.25) is 5.72 Å². The maximum absolute atomic E-state index is 11.3. The molecule has 1 atom stereocenters. The first-order chi connectivity index (χ1) is 7.06. The first-order valence-electron chi connectivity index (χ1n) is 4.78. The molecule has 0 aliphatic heterocycles. The van der Waals surface area contributed by atoms with Gasteiger partial charge in [0.05, 0.1) is 0 Å². The highest BCUT2D eigenvalue weighted by atomic mass is 16.6. The molecule has 0 amide bonds. The summed E-state index contributed by atoms with van der Waals surface area (Å²) in [5.41, 5.74) is 4.28. The minimum Gasteiger partial charge on any atom is -0.458 e. The molecule has 1 unspecified atom stereocenters. The van der Waals surface area contributed by atoms with E-state index in [2.05, 4.69) is 0 Å². The summed E-state index contributed by atoms with van der Waals surface area (Å²) in [6, 6.07) is 9.22. The Morgan fingerprint density at radius 3 is 2.60 bits per heavy atom. The average molecular weight is 209 g/mol. The molecule has 0 fully saturated rings. The summed E-state index contributed by atoms with van der Waals surface area (Å²) >= 11 is 0. The van der Waals surface area contributed by atoms with Gasteiger partial charge in [-0.25, -0.2) is 4.79 Å². The molecule has 4 nitrogen and oxygen atoms in total. The zero-order chi connectivity index (χ0) is 11.3. The van der Waals surface area contributed by atoms with Crippen molar-refractivity contribution in [2.75, 3.05) is 0 Å². The third-order valence-electron chi connectivity index (χ3n) is 2.11. The number of carbonyl (C=O) groups is 1. The topological polar surface area (TPSA) is 72.5 Å². The van der Waals surface area contributed by atoms with E-state index in [9.17, 15) is 9.90 Å². The molecule has 0 spiro atoms. The summed E-state index contributed by atoms with van der Waals surface area (Å²) in [6.07, 6.45) is 0.126. The van der Waals surface area contributed by atoms with Crippen LogP contribution < -0.4 is 5.73 Å². The van der Waals surface area contributed by atoms with Crippen molar-refractivity contribution in [3.05, 3.63) is 35.9 Å². The predicted octanol–water partition coefficient (Wildman–Crippen LogP) is 0.787. The van der Waals surface area contributed by atoms with Gasteiger partial charge in [0.25, 0.3) is 0 Å². The molecule has 0 aliphatic carbocycles. The number of hydrogen-bond acceptors (Lipinski definition) is 4. The van der Waals surface area contributed by atoms with Crippen LogP contribution in [0.1, 0.15) is 18.9 Å². The second kappa shape index (κ2) is 4.91. The van der Waals surface area contributed by atoms with E-state index in [0.29, 0.717) is 0 Å². The average Bonchev–Trinajstić information content (AvgIpc) is 2.27. The lowest BCUT2D eigenvalue weighted by Crippen LogP contribution is -2.48. The summed E-state index contributed by atoms with van der Waals surface area (Å²) in [4.78, 5) is 11.3. The van der Waals surface area contributed by atoms with Crippen LogP contribution in [0.2, 0.25) is 0 Å². The van der Waals surface area contributed by atoms with Crippen LogP contribution >= 0.6 is 0 Å². The molecule has 1 aromatic rings. The van der Waals surface area contributed by atoms with Crippen LogP contribution in [0, 0.1) is 0 Å². The maximum atomic E-state index is 11.3. The molecule has 0 bridgehead atoms. The quantitative estimate of drug-likeness (QED) is 0.568. The largest absolute Gasteiger partial charge is 0.458 e. The first-order valence-corrected chi connectivity index (χ1v) is 4.78. The number of carbonyl (C=O) groups excluding carboxylic acids is 1. The molecule has 15 heavy (non-hydrogen) atoms. The zero-order valence-electron chi connectivity index (χ0n) is 8.64. The Labute approximate surface area is 88.7 Å². The van der Waals surface area contributed by atoms with Crippen molar-refractivity contribution in [3.63, 3.8) is 0 Å². The van der Waals surface area contributed by atoms with Crippen molar-refractivity contribution in [2.24, 2.45) is 5.73 Å². The van der Waals surface area contributed by atoms with Crippen molar-refractivity contribution in [1.82, 2.24) is 0 Å². The number of rotatable bonds is 4. The maximum Gasteiger partial charge on any atom is 0.353 e. The van der Waals surface area contributed by atoms with Gasteiger partial charge >= 0.3 is 5.97 Å². The van der Waals surface area contributed by atoms with Crippen molar-refractivity contribution >= 4 is 5.97 Å². The second-order valence-electron chi connectivity index (χ2n) is 3.34. The SMILES string of the molecule is CCC(N)(O)C(=O)OCc1ccccc1. The fourth-order valence-corrected chi connectivity index (χ4v) is 0.992. The Hall–Kier alpha value is -1.39. The smallest absolute Gasteiger partial charge is 0.353 e. The number of hydrogen-bond donors (Lipinski definition) is 2. The summed E-state index contributed by atoms with van der Waals surface area (Å²) in [6.45, 7) is 1.74. The van der Waals surface area contributed by atoms with E-state index in [4.69, 9.17) is 10.5 Å². The van der Waals surface area contributed by atoms with Gasteiger partial charge in [-0.2, -0.15) is 0 Å².